The fraction of sp³-hybridized carbons (Fsp3) is 0.737. The van der Waals surface area contributed by atoms with Crippen molar-refractivity contribution in [2.75, 3.05) is 37.7 Å². The van der Waals surface area contributed by atoms with Crippen molar-refractivity contribution >= 4 is 11.9 Å². The van der Waals surface area contributed by atoms with E-state index in [4.69, 9.17) is 4.74 Å². The third-order valence-electron chi connectivity index (χ3n) is 4.98. The monoisotopic (exact) mass is 362 g/mol. The van der Waals surface area contributed by atoms with Crippen LogP contribution in [-0.4, -0.2) is 59.7 Å². The normalized spacial score (nSPS) is 17.6. The molecule has 0 spiro atoms. The van der Waals surface area contributed by atoms with Gasteiger partial charge >= 0.3 is 0 Å². The van der Waals surface area contributed by atoms with E-state index in [-0.39, 0.29) is 11.5 Å². The van der Waals surface area contributed by atoms with Crippen LogP contribution >= 0.6 is 0 Å². The zero-order chi connectivity index (χ0) is 18.7. The topological polar surface area (TPSA) is 78.5 Å². The van der Waals surface area contributed by atoms with Crippen molar-refractivity contribution in [2.24, 2.45) is 5.92 Å². The molecule has 1 aliphatic heterocycles. The summed E-state index contributed by atoms with van der Waals surface area (Å²) in [6, 6.07) is 0.408. The van der Waals surface area contributed by atoms with Crippen LogP contribution in [-0.2, 0) is 16.0 Å². The number of H-pyrrole nitrogens is 1. The van der Waals surface area contributed by atoms with Crippen molar-refractivity contribution in [3.8, 4) is 0 Å². The summed E-state index contributed by atoms with van der Waals surface area (Å²) in [5.41, 5.74) is 1.20. The van der Waals surface area contributed by atoms with E-state index >= 15 is 0 Å². The lowest BCUT2D eigenvalue weighted by Crippen LogP contribution is -2.39. The van der Waals surface area contributed by atoms with Crippen LogP contribution in [0.25, 0.3) is 0 Å². The van der Waals surface area contributed by atoms with Crippen LogP contribution in [0, 0.1) is 12.8 Å². The highest BCUT2D eigenvalue weighted by atomic mass is 16.5. The Morgan fingerprint density at radius 2 is 2.04 bits per heavy atom. The number of ether oxygens (including phenoxy) is 1. The van der Waals surface area contributed by atoms with E-state index in [9.17, 15) is 9.59 Å². The van der Waals surface area contributed by atoms with Crippen LogP contribution < -0.4 is 10.5 Å². The molecule has 2 fully saturated rings. The highest BCUT2D eigenvalue weighted by molar-refractivity contribution is 5.77. The van der Waals surface area contributed by atoms with E-state index in [0.717, 1.165) is 32.5 Å². The van der Waals surface area contributed by atoms with Gasteiger partial charge in [0.2, 0.25) is 11.9 Å². The van der Waals surface area contributed by atoms with Crippen LogP contribution in [0.2, 0.25) is 0 Å². The molecule has 26 heavy (non-hydrogen) atoms. The Labute approximate surface area is 154 Å². The molecule has 0 atom stereocenters. The van der Waals surface area contributed by atoms with E-state index in [1.807, 2.05) is 16.7 Å². The summed E-state index contributed by atoms with van der Waals surface area (Å²) in [5, 5.41) is 0. The Balaban J connectivity index is 1.65. The van der Waals surface area contributed by atoms with E-state index in [0.29, 0.717) is 55.2 Å². The van der Waals surface area contributed by atoms with Crippen LogP contribution in [0.1, 0.15) is 44.4 Å². The highest BCUT2D eigenvalue weighted by Gasteiger charge is 2.32. The molecule has 2 heterocycles. The lowest BCUT2D eigenvalue weighted by atomic mass is 10.1. The minimum absolute atomic E-state index is 0.131. The fourth-order valence-electron chi connectivity index (χ4n) is 3.42. The number of hydrogen-bond acceptors (Lipinski definition) is 5. The second kappa shape index (κ2) is 8.20. The standard InChI is InChI=1S/C19H30N4O3/c1-13(2)12-23(15-4-5-15)17(24)7-6-16-14(3)20-19(21-18(16)25)22-8-10-26-11-9-22/h13,15H,4-12H2,1-3H3,(H,20,21,25). The molecule has 1 saturated heterocycles. The van der Waals surface area contributed by atoms with Crippen molar-refractivity contribution in [1.29, 1.82) is 0 Å². The summed E-state index contributed by atoms with van der Waals surface area (Å²) < 4.78 is 5.34. The quantitative estimate of drug-likeness (QED) is 0.795. The molecule has 3 rings (SSSR count). The van der Waals surface area contributed by atoms with Gasteiger partial charge in [-0.1, -0.05) is 13.8 Å². The predicted octanol–water partition coefficient (Wildman–Crippen LogP) is 1.49. The molecule has 1 aromatic rings. The highest BCUT2D eigenvalue weighted by Crippen LogP contribution is 2.28. The predicted molar refractivity (Wildman–Crippen MR) is 101 cm³/mol. The van der Waals surface area contributed by atoms with Gasteiger partial charge in [0, 0.05) is 43.4 Å². The lowest BCUT2D eigenvalue weighted by Gasteiger charge is -2.27. The number of nitrogens with one attached hydrogen (secondary N) is 1. The molecule has 7 heteroatoms. The molecule has 0 radical (unpaired) electrons. The van der Waals surface area contributed by atoms with E-state index in [1.165, 1.54) is 0 Å². The number of amides is 1. The van der Waals surface area contributed by atoms with Gasteiger partial charge in [0.15, 0.2) is 0 Å². The van der Waals surface area contributed by atoms with Crippen molar-refractivity contribution in [2.45, 2.75) is 52.5 Å². The minimum Gasteiger partial charge on any atom is -0.378 e. The van der Waals surface area contributed by atoms with Gasteiger partial charge in [0.1, 0.15) is 0 Å². The number of anilines is 1. The molecule has 1 aliphatic carbocycles. The average Bonchev–Trinajstić information content (AvgIpc) is 3.44. The molecule has 1 aromatic heterocycles. The molecular weight excluding hydrogens is 332 g/mol. The van der Waals surface area contributed by atoms with Crippen LogP contribution in [0.3, 0.4) is 0 Å². The van der Waals surface area contributed by atoms with Gasteiger partial charge in [0.25, 0.3) is 5.56 Å². The Hall–Kier alpha value is -1.89. The zero-order valence-corrected chi connectivity index (χ0v) is 16.1. The van der Waals surface area contributed by atoms with Gasteiger partial charge in [-0.2, -0.15) is 0 Å². The number of aryl methyl sites for hydroxylation is 1. The Kier molecular flexibility index (Phi) is 5.96. The third-order valence-corrected chi connectivity index (χ3v) is 4.98. The molecule has 1 saturated carbocycles. The number of nitrogens with zero attached hydrogens (tertiary/aromatic N) is 3. The molecule has 144 valence electrons. The molecule has 0 bridgehead atoms. The minimum atomic E-state index is -0.131. The SMILES string of the molecule is Cc1nc(N2CCOCC2)[nH]c(=O)c1CCC(=O)N(CC(C)C)C1CC1. The van der Waals surface area contributed by atoms with Crippen molar-refractivity contribution in [1.82, 2.24) is 14.9 Å². The molecule has 2 aliphatic rings. The Bertz CT molecular complexity index is 691. The van der Waals surface area contributed by atoms with Crippen LogP contribution in [0.15, 0.2) is 4.79 Å². The molecule has 7 nitrogen and oxygen atoms in total. The number of morpholine rings is 1. The van der Waals surface area contributed by atoms with Crippen molar-refractivity contribution < 1.29 is 9.53 Å². The zero-order valence-electron chi connectivity index (χ0n) is 16.1. The number of hydrogen-bond donors (Lipinski definition) is 1. The molecule has 0 aromatic carbocycles. The third kappa shape index (κ3) is 4.63. The first-order valence-corrected chi connectivity index (χ1v) is 9.67. The first kappa shape index (κ1) is 18.9. The first-order chi connectivity index (χ1) is 12.5. The number of carbonyl (C=O) groups excluding carboxylic acids is 1. The summed E-state index contributed by atoms with van der Waals surface area (Å²) in [4.78, 5) is 36.7. The van der Waals surface area contributed by atoms with Gasteiger partial charge in [-0.3, -0.25) is 14.6 Å². The maximum Gasteiger partial charge on any atom is 0.255 e. The second-order valence-corrected chi connectivity index (χ2v) is 7.72. The Morgan fingerprint density at radius 1 is 1.35 bits per heavy atom. The van der Waals surface area contributed by atoms with E-state index < -0.39 is 0 Å². The number of aromatic nitrogens is 2. The number of rotatable bonds is 7. The summed E-state index contributed by atoms with van der Waals surface area (Å²) in [6.07, 6.45) is 3.02. The fourth-order valence-corrected chi connectivity index (χ4v) is 3.42. The summed E-state index contributed by atoms with van der Waals surface area (Å²) in [5.74, 6) is 1.21. The van der Waals surface area contributed by atoms with Crippen molar-refractivity contribution in [3.05, 3.63) is 21.6 Å². The number of carbonyl (C=O) groups is 1. The van der Waals surface area contributed by atoms with Gasteiger partial charge in [-0.05, 0) is 32.1 Å². The van der Waals surface area contributed by atoms with Crippen molar-refractivity contribution in [3.63, 3.8) is 0 Å². The smallest absolute Gasteiger partial charge is 0.255 e. The van der Waals surface area contributed by atoms with Gasteiger partial charge < -0.3 is 14.5 Å². The number of aromatic amines is 1. The van der Waals surface area contributed by atoms with Gasteiger partial charge in [-0.25, -0.2) is 4.98 Å². The largest absolute Gasteiger partial charge is 0.378 e. The summed E-state index contributed by atoms with van der Waals surface area (Å²) in [6.45, 7) is 9.66. The molecule has 0 unspecified atom stereocenters. The van der Waals surface area contributed by atoms with Gasteiger partial charge in [0.05, 0.1) is 13.2 Å². The molecule has 1 amide bonds. The molecule has 1 N–H and O–H groups in total. The second-order valence-electron chi connectivity index (χ2n) is 7.72. The summed E-state index contributed by atoms with van der Waals surface area (Å²) >= 11 is 0. The van der Waals surface area contributed by atoms with Gasteiger partial charge in [-0.15, -0.1) is 0 Å². The van der Waals surface area contributed by atoms with Crippen LogP contribution in [0.5, 0.6) is 0 Å². The first-order valence-electron chi connectivity index (χ1n) is 9.67. The average molecular weight is 362 g/mol. The molecular formula is C19H30N4O3. The maximum atomic E-state index is 12.6. The van der Waals surface area contributed by atoms with E-state index in [1.54, 1.807) is 0 Å². The summed E-state index contributed by atoms with van der Waals surface area (Å²) in [7, 11) is 0. The Morgan fingerprint density at radius 3 is 2.62 bits per heavy atom. The van der Waals surface area contributed by atoms with E-state index in [2.05, 4.69) is 23.8 Å². The van der Waals surface area contributed by atoms with Crippen LogP contribution in [0.4, 0.5) is 5.95 Å². The maximum absolute atomic E-state index is 12.6. The lowest BCUT2D eigenvalue weighted by molar-refractivity contribution is -0.132.